The Hall–Kier alpha value is -2.67. The molecule has 0 spiro atoms. The summed E-state index contributed by atoms with van der Waals surface area (Å²) in [5.41, 5.74) is 3.91. The maximum atomic E-state index is 13.9. The quantitative estimate of drug-likeness (QED) is 0.258. The van der Waals surface area contributed by atoms with Gasteiger partial charge in [0.1, 0.15) is 5.84 Å². The van der Waals surface area contributed by atoms with Gasteiger partial charge in [0.25, 0.3) is 5.91 Å². The number of amidine groups is 1. The Bertz CT molecular complexity index is 1230. The molecule has 0 saturated carbocycles. The highest BCUT2D eigenvalue weighted by Gasteiger charge is 2.33. The Balaban J connectivity index is 1.74. The van der Waals surface area contributed by atoms with Crippen LogP contribution >= 0.6 is 27.5 Å². The van der Waals surface area contributed by atoms with E-state index in [2.05, 4.69) is 77.1 Å². The summed E-state index contributed by atoms with van der Waals surface area (Å²) >= 11 is 9.84. The summed E-state index contributed by atoms with van der Waals surface area (Å²) in [5, 5.41) is 0.667. The molecule has 1 atom stereocenters. The SMILES string of the molecule is CC[C@H](C1=Nc2cc(Cl)ccc2CN1Cc1ccccc1)N(CCCN(C)C)C(=O)c1ccc(Br)cc1. The van der Waals surface area contributed by atoms with Gasteiger partial charge in [0.2, 0.25) is 0 Å². The Morgan fingerprint density at radius 2 is 1.78 bits per heavy atom. The van der Waals surface area contributed by atoms with Crippen molar-refractivity contribution in [1.29, 1.82) is 0 Å². The number of rotatable bonds is 10. The Kier molecular flexibility index (Phi) is 9.41. The molecular weight excluding hydrogens is 548 g/mol. The number of carbonyl (C=O) groups excluding carboxylic acids is 1. The number of nitrogens with zero attached hydrogens (tertiary/aromatic N) is 4. The van der Waals surface area contributed by atoms with E-state index in [-0.39, 0.29) is 11.9 Å². The zero-order valence-corrected chi connectivity index (χ0v) is 24.0. The molecule has 0 N–H and O–H groups in total. The summed E-state index contributed by atoms with van der Waals surface area (Å²) in [5.74, 6) is 0.939. The van der Waals surface area contributed by atoms with Gasteiger partial charge >= 0.3 is 0 Å². The molecule has 0 radical (unpaired) electrons. The minimum atomic E-state index is -0.172. The van der Waals surface area contributed by atoms with Crippen LogP contribution in [0.5, 0.6) is 0 Å². The lowest BCUT2D eigenvalue weighted by molar-refractivity contribution is 0.0705. The number of halogens is 2. The van der Waals surface area contributed by atoms with Gasteiger partial charge in [-0.3, -0.25) is 4.79 Å². The normalized spacial score (nSPS) is 13.8. The minimum Gasteiger partial charge on any atom is -0.350 e. The molecule has 3 aromatic carbocycles. The predicted octanol–water partition coefficient (Wildman–Crippen LogP) is 7.02. The zero-order valence-electron chi connectivity index (χ0n) is 21.7. The molecule has 0 unspecified atom stereocenters. The van der Waals surface area contributed by atoms with Gasteiger partial charge in [-0.2, -0.15) is 0 Å². The van der Waals surface area contributed by atoms with E-state index in [9.17, 15) is 4.79 Å². The first kappa shape index (κ1) is 27.4. The molecule has 0 aromatic heterocycles. The summed E-state index contributed by atoms with van der Waals surface area (Å²) in [6.07, 6.45) is 1.63. The van der Waals surface area contributed by atoms with Crippen molar-refractivity contribution in [1.82, 2.24) is 14.7 Å². The zero-order chi connectivity index (χ0) is 26.4. The Morgan fingerprint density at radius 1 is 1.05 bits per heavy atom. The van der Waals surface area contributed by atoms with Crippen LogP contribution in [-0.2, 0) is 13.1 Å². The van der Waals surface area contributed by atoms with Gasteiger partial charge in [-0.15, -0.1) is 0 Å². The highest BCUT2D eigenvalue weighted by Crippen LogP contribution is 2.32. The number of hydrogen-bond acceptors (Lipinski definition) is 4. The van der Waals surface area contributed by atoms with E-state index in [0.29, 0.717) is 17.1 Å². The highest BCUT2D eigenvalue weighted by atomic mass is 79.9. The second kappa shape index (κ2) is 12.7. The highest BCUT2D eigenvalue weighted by molar-refractivity contribution is 9.10. The van der Waals surface area contributed by atoms with Gasteiger partial charge in [-0.05, 0) is 81.0 Å². The standard InChI is InChI=1S/C30H34BrClN4O/c1-4-28(36(18-8-17-34(2)3)30(37)23-11-14-25(31)15-12-23)29-33-27-19-26(32)16-13-24(27)21-35(29)20-22-9-6-5-7-10-22/h5-7,9-16,19,28H,4,8,17-18,20-21H2,1-3H3/t28-/m1/s1. The van der Waals surface area contributed by atoms with Crippen LogP contribution in [0.3, 0.4) is 0 Å². The lowest BCUT2D eigenvalue weighted by atomic mass is 10.0. The molecule has 1 aliphatic heterocycles. The van der Waals surface area contributed by atoms with Crippen LogP contribution in [0.1, 0.15) is 41.3 Å². The summed E-state index contributed by atoms with van der Waals surface area (Å²) in [7, 11) is 4.12. The number of aliphatic imine (C=N–C) groups is 1. The molecule has 0 fully saturated rings. The largest absolute Gasteiger partial charge is 0.350 e. The maximum Gasteiger partial charge on any atom is 0.254 e. The topological polar surface area (TPSA) is 39.1 Å². The van der Waals surface area contributed by atoms with E-state index in [1.54, 1.807) is 0 Å². The summed E-state index contributed by atoms with van der Waals surface area (Å²) in [6, 6.07) is 23.8. The van der Waals surface area contributed by atoms with Crippen molar-refractivity contribution in [3.63, 3.8) is 0 Å². The van der Waals surface area contributed by atoms with Gasteiger partial charge < -0.3 is 14.7 Å². The molecule has 194 valence electrons. The summed E-state index contributed by atoms with van der Waals surface area (Å²) in [4.78, 5) is 25.6. The first-order chi connectivity index (χ1) is 17.9. The minimum absolute atomic E-state index is 0.0253. The molecule has 37 heavy (non-hydrogen) atoms. The predicted molar refractivity (Wildman–Crippen MR) is 157 cm³/mol. The molecule has 1 aliphatic rings. The Labute approximate surface area is 233 Å². The van der Waals surface area contributed by atoms with Crippen LogP contribution in [0.25, 0.3) is 0 Å². The molecule has 4 rings (SSSR count). The van der Waals surface area contributed by atoms with Crippen LogP contribution in [-0.4, -0.2) is 59.7 Å². The smallest absolute Gasteiger partial charge is 0.254 e. The second-order valence-electron chi connectivity index (χ2n) is 9.67. The van der Waals surface area contributed by atoms with Gasteiger partial charge in [-0.1, -0.05) is 70.9 Å². The molecule has 3 aromatic rings. The molecule has 0 aliphatic carbocycles. The fraction of sp³-hybridized carbons (Fsp3) is 0.333. The molecule has 7 heteroatoms. The van der Waals surface area contributed by atoms with E-state index in [4.69, 9.17) is 16.6 Å². The van der Waals surface area contributed by atoms with Crippen molar-refractivity contribution in [3.8, 4) is 0 Å². The lowest BCUT2D eigenvalue weighted by Gasteiger charge is -2.39. The van der Waals surface area contributed by atoms with Gasteiger partial charge in [0.15, 0.2) is 0 Å². The molecule has 1 heterocycles. The second-order valence-corrected chi connectivity index (χ2v) is 11.0. The van der Waals surface area contributed by atoms with E-state index in [0.717, 1.165) is 54.0 Å². The van der Waals surface area contributed by atoms with Crippen LogP contribution in [0, 0.1) is 0 Å². The average molecular weight is 582 g/mol. The monoisotopic (exact) mass is 580 g/mol. The van der Waals surface area contributed by atoms with Crippen LogP contribution < -0.4 is 0 Å². The van der Waals surface area contributed by atoms with Crippen molar-refractivity contribution in [3.05, 3.63) is 99.0 Å². The summed E-state index contributed by atoms with van der Waals surface area (Å²) in [6.45, 7) is 5.12. The van der Waals surface area contributed by atoms with Crippen LogP contribution in [0.15, 0.2) is 82.3 Å². The molecule has 0 saturated heterocycles. The Morgan fingerprint density at radius 3 is 2.46 bits per heavy atom. The van der Waals surface area contributed by atoms with Crippen molar-refractivity contribution in [2.75, 3.05) is 27.2 Å². The van der Waals surface area contributed by atoms with Crippen molar-refractivity contribution >= 4 is 45.0 Å². The van der Waals surface area contributed by atoms with Crippen molar-refractivity contribution in [2.45, 2.75) is 38.9 Å². The van der Waals surface area contributed by atoms with Crippen LogP contribution in [0.4, 0.5) is 5.69 Å². The summed E-state index contributed by atoms with van der Waals surface area (Å²) < 4.78 is 0.953. The molecule has 0 bridgehead atoms. The van der Waals surface area contributed by atoms with Gasteiger partial charge in [0, 0.05) is 34.7 Å². The first-order valence-corrected chi connectivity index (χ1v) is 13.9. The lowest BCUT2D eigenvalue weighted by Crippen LogP contribution is -2.51. The van der Waals surface area contributed by atoms with Crippen molar-refractivity contribution in [2.24, 2.45) is 4.99 Å². The number of amides is 1. The van der Waals surface area contributed by atoms with E-state index in [1.165, 1.54) is 5.56 Å². The number of carbonyl (C=O) groups is 1. The van der Waals surface area contributed by atoms with E-state index >= 15 is 0 Å². The fourth-order valence-corrected chi connectivity index (χ4v) is 5.17. The van der Waals surface area contributed by atoms with Gasteiger partial charge in [-0.25, -0.2) is 4.99 Å². The number of fused-ring (bicyclic) bond motifs is 1. The third-order valence-corrected chi connectivity index (χ3v) is 7.36. The average Bonchev–Trinajstić information content (AvgIpc) is 2.89. The van der Waals surface area contributed by atoms with Crippen molar-refractivity contribution < 1.29 is 4.79 Å². The molecule has 5 nitrogen and oxygen atoms in total. The number of hydrogen-bond donors (Lipinski definition) is 0. The maximum absolute atomic E-state index is 13.9. The third-order valence-electron chi connectivity index (χ3n) is 6.60. The van der Waals surface area contributed by atoms with Gasteiger partial charge in [0.05, 0.1) is 11.7 Å². The molecule has 1 amide bonds. The fourth-order valence-electron chi connectivity index (χ4n) is 4.74. The van der Waals surface area contributed by atoms with E-state index < -0.39 is 0 Å². The van der Waals surface area contributed by atoms with E-state index in [1.807, 2.05) is 47.4 Å². The molecular formula is C30H34BrClN4O. The number of benzene rings is 3. The first-order valence-electron chi connectivity index (χ1n) is 12.7. The van der Waals surface area contributed by atoms with Crippen LogP contribution in [0.2, 0.25) is 5.02 Å². The third kappa shape index (κ3) is 7.01.